The number of aryl methyl sites for hydroxylation is 1. The second kappa shape index (κ2) is 10.0. The van der Waals surface area contributed by atoms with Crippen molar-refractivity contribution in [3.63, 3.8) is 0 Å². The van der Waals surface area contributed by atoms with Crippen LogP contribution in [0.5, 0.6) is 0 Å². The lowest BCUT2D eigenvalue weighted by Gasteiger charge is -2.35. The Morgan fingerprint density at radius 2 is 1.82 bits per heavy atom. The SMILES string of the molecule is CC1=C(c2nc(-c3ccccc3)no2)C(c2ccc(C)cc2)NC(=O)N1CCCOC(C)C. The first-order chi connectivity index (χ1) is 15.9. The highest BCUT2D eigenvalue weighted by Gasteiger charge is 2.35. The highest BCUT2D eigenvalue weighted by atomic mass is 16.5. The van der Waals surface area contributed by atoms with E-state index < -0.39 is 0 Å². The number of ether oxygens (including phenoxy) is 1. The minimum Gasteiger partial charge on any atom is -0.379 e. The molecular formula is C26H30N4O3. The van der Waals surface area contributed by atoms with Gasteiger partial charge in [-0.3, -0.25) is 4.90 Å². The van der Waals surface area contributed by atoms with Gasteiger partial charge in [0.15, 0.2) is 0 Å². The molecule has 1 aliphatic heterocycles. The summed E-state index contributed by atoms with van der Waals surface area (Å²) in [6.07, 6.45) is 0.887. The molecule has 2 amide bonds. The van der Waals surface area contributed by atoms with E-state index in [9.17, 15) is 4.79 Å². The molecule has 0 bridgehead atoms. The molecule has 1 N–H and O–H groups in total. The smallest absolute Gasteiger partial charge is 0.322 e. The molecule has 0 saturated heterocycles. The second-order valence-electron chi connectivity index (χ2n) is 8.51. The van der Waals surface area contributed by atoms with Crippen molar-refractivity contribution in [2.75, 3.05) is 13.2 Å². The Hall–Kier alpha value is -3.45. The molecule has 0 radical (unpaired) electrons. The number of nitrogens with zero attached hydrogens (tertiary/aromatic N) is 3. The predicted octanol–water partition coefficient (Wildman–Crippen LogP) is 5.36. The maximum atomic E-state index is 13.1. The lowest BCUT2D eigenvalue weighted by atomic mass is 9.94. The summed E-state index contributed by atoms with van der Waals surface area (Å²) in [5, 5.41) is 7.35. The predicted molar refractivity (Wildman–Crippen MR) is 127 cm³/mol. The van der Waals surface area contributed by atoms with Crippen LogP contribution in [0.25, 0.3) is 17.0 Å². The molecule has 3 aromatic rings. The number of urea groups is 1. The molecule has 4 rings (SSSR count). The minimum atomic E-state index is -0.384. The Balaban J connectivity index is 1.70. The van der Waals surface area contributed by atoms with Crippen LogP contribution in [0.2, 0.25) is 0 Å². The van der Waals surface area contributed by atoms with Gasteiger partial charge in [0.1, 0.15) is 0 Å². The summed E-state index contributed by atoms with van der Waals surface area (Å²) in [7, 11) is 0. The van der Waals surface area contributed by atoms with Crippen molar-refractivity contribution in [1.82, 2.24) is 20.4 Å². The summed E-state index contributed by atoms with van der Waals surface area (Å²) in [5.74, 6) is 0.919. The summed E-state index contributed by atoms with van der Waals surface area (Å²) in [4.78, 5) is 19.5. The van der Waals surface area contributed by atoms with Gasteiger partial charge in [0, 0.05) is 24.4 Å². The highest BCUT2D eigenvalue weighted by molar-refractivity contribution is 5.86. The summed E-state index contributed by atoms with van der Waals surface area (Å²) in [6.45, 7) is 9.10. The number of amides is 2. The summed E-state index contributed by atoms with van der Waals surface area (Å²) >= 11 is 0. The first kappa shape index (κ1) is 22.7. The standard InChI is InChI=1S/C26H30N4O3/c1-17(2)32-16-8-15-30-19(4)22(23(27-26(30)31)20-13-11-18(3)12-14-20)25-28-24(29-33-25)21-9-6-5-7-10-21/h5-7,9-14,17,23H,8,15-16H2,1-4H3,(H,27,31). The molecule has 33 heavy (non-hydrogen) atoms. The minimum absolute atomic E-state index is 0.144. The van der Waals surface area contributed by atoms with E-state index in [0.29, 0.717) is 24.9 Å². The van der Waals surface area contributed by atoms with Gasteiger partial charge in [0.05, 0.1) is 17.7 Å². The van der Waals surface area contributed by atoms with E-state index in [4.69, 9.17) is 9.26 Å². The third-order valence-electron chi connectivity index (χ3n) is 5.67. The van der Waals surface area contributed by atoms with E-state index in [2.05, 4.69) is 15.5 Å². The number of carbonyl (C=O) groups is 1. The van der Waals surface area contributed by atoms with Crippen LogP contribution >= 0.6 is 0 Å². The normalized spacial score (nSPS) is 16.5. The molecule has 0 spiro atoms. The first-order valence-electron chi connectivity index (χ1n) is 11.3. The third kappa shape index (κ3) is 5.14. The van der Waals surface area contributed by atoms with Gasteiger partial charge >= 0.3 is 6.03 Å². The van der Waals surface area contributed by atoms with E-state index in [-0.39, 0.29) is 18.2 Å². The molecule has 1 aliphatic rings. The second-order valence-corrected chi connectivity index (χ2v) is 8.51. The van der Waals surface area contributed by atoms with Crippen LogP contribution in [-0.4, -0.2) is 40.3 Å². The maximum absolute atomic E-state index is 13.1. The van der Waals surface area contributed by atoms with Crippen LogP contribution in [0.15, 0.2) is 64.8 Å². The average Bonchev–Trinajstić information content (AvgIpc) is 3.29. The molecule has 0 fully saturated rings. The van der Waals surface area contributed by atoms with E-state index in [1.807, 2.05) is 82.3 Å². The van der Waals surface area contributed by atoms with Crippen molar-refractivity contribution in [2.45, 2.75) is 46.3 Å². The third-order valence-corrected chi connectivity index (χ3v) is 5.67. The Morgan fingerprint density at radius 3 is 2.52 bits per heavy atom. The zero-order valence-electron chi connectivity index (χ0n) is 19.5. The van der Waals surface area contributed by atoms with Crippen LogP contribution in [0.1, 0.15) is 50.3 Å². The molecular weight excluding hydrogens is 416 g/mol. The molecule has 7 heteroatoms. The maximum Gasteiger partial charge on any atom is 0.322 e. The summed E-state index contributed by atoms with van der Waals surface area (Å²) < 4.78 is 11.4. The summed E-state index contributed by atoms with van der Waals surface area (Å²) in [6, 6.07) is 17.3. The fraction of sp³-hybridized carbons (Fsp3) is 0.346. The molecule has 1 aromatic heterocycles. The Morgan fingerprint density at radius 1 is 1.09 bits per heavy atom. The van der Waals surface area contributed by atoms with Crippen molar-refractivity contribution >= 4 is 11.6 Å². The largest absolute Gasteiger partial charge is 0.379 e. The van der Waals surface area contributed by atoms with Crippen molar-refractivity contribution in [1.29, 1.82) is 0 Å². The van der Waals surface area contributed by atoms with Crippen LogP contribution in [0.4, 0.5) is 4.79 Å². The van der Waals surface area contributed by atoms with Crippen molar-refractivity contribution in [2.24, 2.45) is 0 Å². The number of hydrogen-bond donors (Lipinski definition) is 1. The van der Waals surface area contributed by atoms with Crippen molar-refractivity contribution in [3.05, 3.63) is 77.3 Å². The van der Waals surface area contributed by atoms with Gasteiger partial charge in [-0.25, -0.2) is 4.79 Å². The number of aromatic nitrogens is 2. The van der Waals surface area contributed by atoms with Crippen molar-refractivity contribution < 1.29 is 14.1 Å². The Kier molecular flexibility index (Phi) is 6.89. The fourth-order valence-corrected chi connectivity index (χ4v) is 3.92. The lowest BCUT2D eigenvalue weighted by Crippen LogP contribution is -2.46. The van der Waals surface area contributed by atoms with Crippen molar-refractivity contribution in [3.8, 4) is 11.4 Å². The molecule has 1 unspecified atom stereocenters. The number of nitrogens with one attached hydrogen (secondary N) is 1. The molecule has 0 aliphatic carbocycles. The lowest BCUT2D eigenvalue weighted by molar-refractivity contribution is 0.0736. The molecule has 1 atom stereocenters. The first-order valence-corrected chi connectivity index (χ1v) is 11.3. The van der Waals surface area contributed by atoms with Crippen LogP contribution in [0.3, 0.4) is 0 Å². The number of benzene rings is 2. The van der Waals surface area contributed by atoms with Gasteiger partial charge < -0.3 is 14.6 Å². The fourth-order valence-electron chi connectivity index (χ4n) is 3.92. The van der Waals surface area contributed by atoms with Gasteiger partial charge in [-0.2, -0.15) is 4.98 Å². The quantitative estimate of drug-likeness (QED) is 0.471. The number of rotatable bonds is 8. The van der Waals surface area contributed by atoms with Gasteiger partial charge in [-0.15, -0.1) is 0 Å². The Labute approximate surface area is 194 Å². The van der Waals surface area contributed by atoms with Gasteiger partial charge in [0.25, 0.3) is 5.89 Å². The molecule has 2 aromatic carbocycles. The van der Waals surface area contributed by atoms with E-state index >= 15 is 0 Å². The monoisotopic (exact) mass is 446 g/mol. The van der Waals surface area contributed by atoms with E-state index in [1.165, 1.54) is 0 Å². The molecule has 172 valence electrons. The van der Waals surface area contributed by atoms with Crippen LogP contribution in [0, 0.1) is 6.92 Å². The van der Waals surface area contributed by atoms with Crippen LogP contribution < -0.4 is 5.32 Å². The molecule has 0 saturated carbocycles. The van der Waals surface area contributed by atoms with Gasteiger partial charge in [-0.05, 0) is 39.7 Å². The zero-order valence-corrected chi connectivity index (χ0v) is 19.5. The Bertz CT molecular complexity index is 1120. The number of carbonyl (C=O) groups excluding carboxylic acids is 1. The van der Waals surface area contributed by atoms with E-state index in [0.717, 1.165) is 34.4 Å². The topological polar surface area (TPSA) is 80.5 Å². The van der Waals surface area contributed by atoms with Crippen LogP contribution in [-0.2, 0) is 4.74 Å². The molecule has 7 nitrogen and oxygen atoms in total. The molecule has 2 heterocycles. The summed E-state index contributed by atoms with van der Waals surface area (Å²) in [5.41, 5.74) is 4.60. The van der Waals surface area contributed by atoms with Gasteiger partial charge in [0.2, 0.25) is 5.82 Å². The number of hydrogen-bond acceptors (Lipinski definition) is 5. The number of allylic oxidation sites excluding steroid dienone is 1. The zero-order chi connectivity index (χ0) is 23.4. The van der Waals surface area contributed by atoms with Gasteiger partial charge in [-0.1, -0.05) is 65.3 Å². The highest BCUT2D eigenvalue weighted by Crippen LogP contribution is 2.37. The van der Waals surface area contributed by atoms with E-state index in [1.54, 1.807) is 4.90 Å². The average molecular weight is 447 g/mol.